The van der Waals surface area contributed by atoms with Gasteiger partial charge in [-0.15, -0.1) is 0 Å². The predicted molar refractivity (Wildman–Crippen MR) is 265 cm³/mol. The summed E-state index contributed by atoms with van der Waals surface area (Å²) in [5.41, 5.74) is 11.5. The monoisotopic (exact) mass is 806 g/mol. The molecule has 0 heterocycles. The van der Waals surface area contributed by atoms with Crippen molar-refractivity contribution in [1.82, 2.24) is 0 Å². The molecular weight excluding hydrogens is 741 g/mol. The van der Waals surface area contributed by atoms with Crippen LogP contribution in [-0.2, 0) is 0 Å². The largest absolute Gasteiger partial charge is 0.340 e. The first-order chi connectivity index (χ1) is 27.5. The van der Waals surface area contributed by atoms with Crippen LogP contribution in [-0.4, -0.2) is 43.6 Å². The summed E-state index contributed by atoms with van der Waals surface area (Å²) in [5, 5.41) is 5.20. The van der Waals surface area contributed by atoms with E-state index >= 15 is 0 Å². The van der Waals surface area contributed by atoms with Crippen molar-refractivity contribution >= 4 is 70.0 Å². The highest BCUT2D eigenvalue weighted by molar-refractivity contribution is 8.32. The number of hydrogen-bond donors (Lipinski definition) is 0. The Balaban J connectivity index is 1.64. The zero-order valence-electron chi connectivity index (χ0n) is 37.2. The van der Waals surface area contributed by atoms with Crippen molar-refractivity contribution < 1.29 is 0 Å². The highest BCUT2D eigenvalue weighted by Gasteiger charge is 2.28. The third-order valence-corrected chi connectivity index (χ3v) is 16.9. The van der Waals surface area contributed by atoms with Crippen molar-refractivity contribution in [3.8, 4) is 0 Å². The van der Waals surface area contributed by atoms with E-state index in [2.05, 4.69) is 217 Å². The molecule has 58 heavy (non-hydrogen) atoms. The summed E-state index contributed by atoms with van der Waals surface area (Å²) < 4.78 is 0. The SMILES string of the molecule is CCS(C)(C)c1ccc2c(N(CC3C=C(C(C)C)C=CC3)c3ccc(C)cc3)c3cc(S(C)(C)C)ccc3c(N(c3ccc(C)cc3)c3ccc(C(C)C)cc3)c2c1. The van der Waals surface area contributed by atoms with Crippen LogP contribution in [0.3, 0.4) is 0 Å². The fourth-order valence-electron chi connectivity index (χ4n) is 8.25. The molecule has 0 bridgehead atoms. The molecule has 0 radical (unpaired) electrons. The summed E-state index contributed by atoms with van der Waals surface area (Å²) in [5.74, 6) is 2.48. The molecule has 4 heteroatoms. The molecule has 1 aliphatic carbocycles. The third kappa shape index (κ3) is 8.52. The molecule has 0 aliphatic heterocycles. The second-order valence-corrected chi connectivity index (χ2v) is 26.6. The number of aryl methyl sites for hydroxylation is 2. The van der Waals surface area contributed by atoms with Crippen molar-refractivity contribution in [3.05, 3.63) is 150 Å². The second-order valence-electron chi connectivity index (χ2n) is 18.4. The maximum atomic E-state index is 2.68. The molecule has 2 nitrogen and oxygen atoms in total. The maximum absolute atomic E-state index is 2.68. The third-order valence-electron chi connectivity index (χ3n) is 12.3. The van der Waals surface area contributed by atoms with Crippen LogP contribution in [0.25, 0.3) is 21.5 Å². The van der Waals surface area contributed by atoms with Gasteiger partial charge < -0.3 is 9.80 Å². The number of allylic oxidation sites excluding steroid dienone is 3. The summed E-state index contributed by atoms with van der Waals surface area (Å²) in [4.78, 5) is 8.11. The fourth-order valence-corrected chi connectivity index (χ4v) is 10.4. The Morgan fingerprint density at radius 3 is 1.66 bits per heavy atom. The lowest BCUT2D eigenvalue weighted by atomic mass is 9.89. The molecule has 0 N–H and O–H groups in total. The summed E-state index contributed by atoms with van der Waals surface area (Å²) in [6, 6.07) is 42.7. The minimum absolute atomic E-state index is 0.385. The van der Waals surface area contributed by atoms with Gasteiger partial charge in [-0.05, 0) is 157 Å². The first-order valence-electron chi connectivity index (χ1n) is 21.2. The van der Waals surface area contributed by atoms with Gasteiger partial charge in [0.1, 0.15) is 0 Å². The van der Waals surface area contributed by atoms with E-state index in [4.69, 9.17) is 0 Å². The van der Waals surface area contributed by atoms with E-state index in [1.807, 2.05) is 0 Å². The minimum Gasteiger partial charge on any atom is -0.340 e. The Morgan fingerprint density at radius 1 is 0.586 bits per heavy atom. The molecule has 0 spiro atoms. The van der Waals surface area contributed by atoms with E-state index in [0.717, 1.165) is 18.7 Å². The van der Waals surface area contributed by atoms with Crippen LogP contribution in [0.4, 0.5) is 28.4 Å². The summed E-state index contributed by atoms with van der Waals surface area (Å²) >= 11 is 0. The van der Waals surface area contributed by atoms with Crippen molar-refractivity contribution in [2.24, 2.45) is 11.8 Å². The van der Waals surface area contributed by atoms with E-state index in [-0.39, 0.29) is 0 Å². The molecular formula is C54H66N2S2. The van der Waals surface area contributed by atoms with Crippen molar-refractivity contribution in [1.29, 1.82) is 0 Å². The molecule has 1 aliphatic rings. The highest BCUT2D eigenvalue weighted by atomic mass is 32.3. The lowest BCUT2D eigenvalue weighted by molar-refractivity contribution is 0.635. The molecule has 0 aromatic heterocycles. The Morgan fingerprint density at radius 2 is 1.10 bits per heavy atom. The zero-order valence-corrected chi connectivity index (χ0v) is 38.8. The standard InChI is InChI=1S/C54H66N2S2/c1-13-58(11,12)48-30-32-49-52(35-48)54(56(45-25-19-40(7)20-26-45)46-27-21-42(22-28-46)37(2)3)50-31-29-47(57(8,9)10)34-51(50)53(49)55(44-23-17-39(6)18-24-44)36-41-15-14-16-43(33-41)38(4)5/h14,16-35,37-38,41H,13,15,36H2,1-12H3. The summed E-state index contributed by atoms with van der Waals surface area (Å²) in [6.45, 7) is 16.8. The molecule has 0 fully saturated rings. The van der Waals surface area contributed by atoms with Gasteiger partial charge in [-0.1, -0.05) is 113 Å². The number of nitrogens with zero attached hydrogens (tertiary/aromatic N) is 2. The van der Waals surface area contributed by atoms with Gasteiger partial charge in [0.2, 0.25) is 0 Å². The summed E-state index contributed by atoms with van der Waals surface area (Å²) in [6.07, 6.45) is 20.6. The minimum atomic E-state index is -1.04. The highest BCUT2D eigenvalue weighted by Crippen LogP contribution is 2.56. The fraction of sp³-hybridized carbons (Fsp3) is 0.333. The average Bonchev–Trinajstić information content (AvgIpc) is 3.20. The predicted octanol–water partition coefficient (Wildman–Crippen LogP) is 16.0. The molecule has 0 amide bonds. The van der Waals surface area contributed by atoms with Crippen molar-refractivity contribution in [3.63, 3.8) is 0 Å². The number of benzene rings is 6. The van der Waals surface area contributed by atoms with Gasteiger partial charge >= 0.3 is 0 Å². The molecule has 304 valence electrons. The lowest BCUT2D eigenvalue weighted by Gasteiger charge is -2.36. The Kier molecular flexibility index (Phi) is 12.0. The normalized spacial score (nSPS) is 15.3. The van der Waals surface area contributed by atoms with Crippen LogP contribution in [0.5, 0.6) is 0 Å². The zero-order chi connectivity index (χ0) is 41.5. The Bertz CT molecular complexity index is 2460. The van der Waals surface area contributed by atoms with Gasteiger partial charge in [0.05, 0.1) is 11.4 Å². The molecule has 0 saturated carbocycles. The topological polar surface area (TPSA) is 6.48 Å². The molecule has 1 unspecified atom stereocenters. The van der Waals surface area contributed by atoms with Crippen LogP contribution < -0.4 is 9.80 Å². The van der Waals surface area contributed by atoms with E-state index < -0.39 is 20.1 Å². The summed E-state index contributed by atoms with van der Waals surface area (Å²) in [7, 11) is -2.07. The first-order valence-corrected chi connectivity index (χ1v) is 26.7. The van der Waals surface area contributed by atoms with E-state index in [9.17, 15) is 0 Å². The Hall–Kier alpha value is -4.38. The van der Waals surface area contributed by atoms with E-state index in [1.54, 1.807) is 0 Å². The van der Waals surface area contributed by atoms with Gasteiger partial charge in [-0.3, -0.25) is 0 Å². The maximum Gasteiger partial charge on any atom is 0.0620 e. The van der Waals surface area contributed by atoms with Gasteiger partial charge in [-0.25, -0.2) is 20.1 Å². The van der Waals surface area contributed by atoms with Crippen LogP contribution in [0.1, 0.15) is 63.6 Å². The van der Waals surface area contributed by atoms with E-state index in [1.165, 1.54) is 82.0 Å². The number of fused-ring (bicyclic) bond motifs is 2. The van der Waals surface area contributed by atoms with Gasteiger partial charge in [0.25, 0.3) is 0 Å². The quantitative estimate of drug-likeness (QED) is 0.0898. The van der Waals surface area contributed by atoms with Crippen molar-refractivity contribution in [2.45, 2.75) is 70.6 Å². The number of hydrogen-bond acceptors (Lipinski definition) is 2. The first kappa shape index (κ1) is 41.8. The molecule has 1 atom stereocenters. The molecule has 0 saturated heterocycles. The van der Waals surface area contributed by atoms with Crippen LogP contribution in [0, 0.1) is 25.7 Å². The van der Waals surface area contributed by atoms with Crippen LogP contribution >= 0.6 is 20.1 Å². The van der Waals surface area contributed by atoms with Gasteiger partial charge in [0, 0.05) is 45.2 Å². The molecule has 6 aromatic carbocycles. The lowest BCUT2D eigenvalue weighted by Crippen LogP contribution is -2.26. The number of anilines is 5. The van der Waals surface area contributed by atoms with Gasteiger partial charge in [0.15, 0.2) is 0 Å². The van der Waals surface area contributed by atoms with Crippen LogP contribution in [0.15, 0.2) is 143 Å². The second kappa shape index (κ2) is 16.7. The average molecular weight is 807 g/mol. The number of rotatable bonds is 12. The van der Waals surface area contributed by atoms with Crippen LogP contribution in [0.2, 0.25) is 0 Å². The molecule has 7 rings (SSSR count). The molecule has 6 aromatic rings. The van der Waals surface area contributed by atoms with E-state index in [0.29, 0.717) is 17.8 Å². The van der Waals surface area contributed by atoms with Gasteiger partial charge in [-0.2, -0.15) is 0 Å². The Labute approximate surface area is 353 Å². The van der Waals surface area contributed by atoms with Crippen molar-refractivity contribution in [2.75, 3.05) is 53.4 Å². The smallest absolute Gasteiger partial charge is 0.0620 e.